The number of hydrogen-bond donors (Lipinski definition) is 3. The Kier molecular flexibility index (Phi) is 17.9. The zero-order valence-electron chi connectivity index (χ0n) is 37.0. The number of carbonyl (C=O) groups is 2. The molecule has 0 spiro atoms. The fourth-order valence-electron chi connectivity index (χ4n) is 7.72. The predicted molar refractivity (Wildman–Crippen MR) is 242 cm³/mol. The van der Waals surface area contributed by atoms with Crippen molar-refractivity contribution in [2.24, 2.45) is 18.1 Å². The number of aliphatic hydroxyl groups is 1. The van der Waals surface area contributed by atoms with Crippen LogP contribution in [0.1, 0.15) is 74.6 Å². The van der Waals surface area contributed by atoms with Crippen LogP contribution in [0.25, 0.3) is 10.3 Å². The molecule has 0 radical (unpaired) electrons. The van der Waals surface area contributed by atoms with Crippen molar-refractivity contribution < 1.29 is 46.5 Å². The van der Waals surface area contributed by atoms with Crippen LogP contribution >= 0.6 is 11.3 Å². The van der Waals surface area contributed by atoms with Gasteiger partial charge in [0.15, 0.2) is 11.9 Å². The second-order valence-corrected chi connectivity index (χ2v) is 17.1. The fraction of sp³-hybridized carbons (Fsp3) is 0.447. The lowest BCUT2D eigenvalue weighted by Gasteiger charge is -2.31. The van der Waals surface area contributed by atoms with Gasteiger partial charge < -0.3 is 39.4 Å². The molecule has 1 aliphatic rings. The van der Waals surface area contributed by atoms with E-state index in [1.54, 1.807) is 29.0 Å². The molecule has 6 rings (SSSR count). The first-order chi connectivity index (χ1) is 31.4. The van der Waals surface area contributed by atoms with Gasteiger partial charge in [0.2, 0.25) is 5.91 Å². The van der Waals surface area contributed by atoms with E-state index < -0.39 is 17.6 Å². The Morgan fingerprint density at radius 3 is 2.60 bits per heavy atom. The summed E-state index contributed by atoms with van der Waals surface area (Å²) in [6, 6.07) is 16.2. The van der Waals surface area contributed by atoms with Crippen molar-refractivity contribution in [3.8, 4) is 11.5 Å². The summed E-state index contributed by atoms with van der Waals surface area (Å²) in [4.78, 5) is 32.1. The van der Waals surface area contributed by atoms with Crippen molar-refractivity contribution >= 4 is 40.1 Å². The standard InChI is InChI=1S/C47H57F4N7O6S/c1-56(28-33-8-6-9-37(24-33)62-3)54-27-38-41(29-60)57(2)45-44(38)65-43(55-45)31-63-22-20-58-18-14-35(15-19-58)46(61)53-16-5-4-7-32-11-13-42(36(23-32)26-52-17-21-59)64-30-34-10-12-40(48)39(25-34)47(49,50)51/h6,8-13,23-25,27,29,35,52,59H,4-5,7,14-22,26,28,30-31H2,1-3H3,(H,53,61)/b54-27-. The average molecular weight is 924 g/mol. The van der Waals surface area contributed by atoms with E-state index in [2.05, 4.69) is 20.6 Å². The molecule has 0 atom stereocenters. The van der Waals surface area contributed by atoms with Crippen LogP contribution < -0.4 is 20.1 Å². The van der Waals surface area contributed by atoms with E-state index in [9.17, 15) is 32.3 Å². The highest BCUT2D eigenvalue weighted by Crippen LogP contribution is 2.33. The Morgan fingerprint density at radius 2 is 1.85 bits per heavy atom. The molecule has 3 N–H and O–H groups in total. The number of fused-ring (bicyclic) bond motifs is 1. The Morgan fingerprint density at radius 1 is 1.05 bits per heavy atom. The van der Waals surface area contributed by atoms with Crippen LogP contribution in [0, 0.1) is 11.7 Å². The number of aromatic nitrogens is 2. The number of halogens is 4. The minimum Gasteiger partial charge on any atom is -0.497 e. The number of carbonyl (C=O) groups excluding carboxylic acids is 2. The number of unbranched alkanes of at least 4 members (excludes halogenated alkanes) is 1. The molecule has 65 heavy (non-hydrogen) atoms. The molecule has 0 aliphatic carbocycles. The lowest BCUT2D eigenvalue weighted by atomic mass is 9.96. The van der Waals surface area contributed by atoms with E-state index >= 15 is 0 Å². The van der Waals surface area contributed by atoms with Crippen molar-refractivity contribution in [2.45, 2.75) is 64.6 Å². The number of hydrazone groups is 1. The molecule has 0 bridgehead atoms. The number of benzene rings is 3. The molecule has 2 aromatic heterocycles. The van der Waals surface area contributed by atoms with Gasteiger partial charge >= 0.3 is 6.18 Å². The third-order valence-electron chi connectivity index (χ3n) is 11.3. The van der Waals surface area contributed by atoms with E-state index in [1.807, 2.05) is 50.5 Å². The van der Waals surface area contributed by atoms with Gasteiger partial charge in [0.25, 0.3) is 0 Å². The van der Waals surface area contributed by atoms with Crippen LogP contribution in [0.2, 0.25) is 0 Å². The number of thiazole rings is 1. The summed E-state index contributed by atoms with van der Waals surface area (Å²) in [7, 11) is 5.33. The number of piperidine rings is 1. The summed E-state index contributed by atoms with van der Waals surface area (Å²) in [5, 5.41) is 22.7. The number of ether oxygens (including phenoxy) is 3. The zero-order valence-corrected chi connectivity index (χ0v) is 37.8. The van der Waals surface area contributed by atoms with E-state index in [0.29, 0.717) is 56.5 Å². The van der Waals surface area contributed by atoms with Crippen molar-refractivity contribution in [3.05, 3.63) is 111 Å². The maximum absolute atomic E-state index is 13.8. The SMILES string of the molecule is COc1cccc(CN(C)/N=C\c2c(C=O)n(C)c3nc(COCCN4CCC(C(=O)NCCCCc5ccc(OCc6ccc(F)c(C(F)(F)F)c6)c(CNCCO)c5)CC4)sc23)c1. The number of nitrogens with zero attached hydrogens (tertiary/aromatic N) is 5. The lowest BCUT2D eigenvalue weighted by Crippen LogP contribution is -2.41. The molecule has 1 saturated heterocycles. The summed E-state index contributed by atoms with van der Waals surface area (Å²) in [5.74, 6) is -0.0452. The van der Waals surface area contributed by atoms with Gasteiger partial charge in [0, 0.05) is 57.3 Å². The molecule has 1 amide bonds. The fourth-order valence-corrected chi connectivity index (χ4v) is 8.77. The molecule has 3 aromatic carbocycles. The van der Waals surface area contributed by atoms with Gasteiger partial charge in [-0.15, -0.1) is 11.3 Å². The topological polar surface area (TPSA) is 143 Å². The number of aldehydes is 1. The molecule has 0 saturated carbocycles. The molecule has 1 fully saturated rings. The minimum atomic E-state index is -4.81. The Hall–Kier alpha value is -5.40. The van der Waals surface area contributed by atoms with Crippen molar-refractivity contribution in [1.82, 2.24) is 30.1 Å². The number of amides is 1. The highest BCUT2D eigenvalue weighted by molar-refractivity contribution is 7.19. The van der Waals surface area contributed by atoms with E-state index in [1.165, 1.54) is 17.4 Å². The third kappa shape index (κ3) is 13.8. The molecule has 5 aromatic rings. The Balaban J connectivity index is 0.886. The van der Waals surface area contributed by atoms with Crippen LogP contribution in [0.5, 0.6) is 11.5 Å². The number of nitrogens with one attached hydrogen (secondary N) is 2. The number of alkyl halides is 3. The molecule has 350 valence electrons. The first-order valence-electron chi connectivity index (χ1n) is 21.7. The Labute approximate surface area is 380 Å². The smallest absolute Gasteiger partial charge is 0.419 e. The summed E-state index contributed by atoms with van der Waals surface area (Å²) < 4.78 is 73.3. The van der Waals surface area contributed by atoms with Crippen LogP contribution in [-0.2, 0) is 55.5 Å². The van der Waals surface area contributed by atoms with Crippen molar-refractivity contribution in [1.29, 1.82) is 0 Å². The molecule has 18 heteroatoms. The number of likely N-dealkylation sites (tertiary alicyclic amines) is 1. The molecular weight excluding hydrogens is 867 g/mol. The lowest BCUT2D eigenvalue weighted by molar-refractivity contribution is -0.140. The first kappa shape index (κ1) is 49.0. The number of aryl methyl sites for hydroxylation is 2. The van der Waals surface area contributed by atoms with Gasteiger partial charge in [-0.1, -0.05) is 30.3 Å². The zero-order chi connectivity index (χ0) is 46.3. The predicted octanol–water partition coefficient (Wildman–Crippen LogP) is 7.11. The van der Waals surface area contributed by atoms with E-state index in [4.69, 9.17) is 19.2 Å². The molecule has 13 nitrogen and oxygen atoms in total. The largest absolute Gasteiger partial charge is 0.497 e. The maximum atomic E-state index is 13.8. The Bertz CT molecular complexity index is 2380. The third-order valence-corrected chi connectivity index (χ3v) is 12.3. The normalized spacial score (nSPS) is 13.8. The van der Waals surface area contributed by atoms with Gasteiger partial charge in [-0.25, -0.2) is 9.37 Å². The number of methoxy groups -OCH3 is 1. The van der Waals surface area contributed by atoms with Crippen molar-refractivity contribution in [2.75, 3.05) is 60.1 Å². The van der Waals surface area contributed by atoms with Gasteiger partial charge in [0.05, 0.1) is 55.6 Å². The van der Waals surface area contributed by atoms with Gasteiger partial charge in [-0.05, 0) is 92.2 Å². The molecule has 1 aliphatic heterocycles. The van der Waals surface area contributed by atoms with E-state index in [0.717, 1.165) is 108 Å². The van der Waals surface area contributed by atoms with E-state index in [-0.39, 0.29) is 30.6 Å². The number of rotatable bonds is 24. The highest BCUT2D eigenvalue weighted by Gasteiger charge is 2.34. The highest BCUT2D eigenvalue weighted by atomic mass is 32.1. The molecule has 0 unspecified atom stereocenters. The summed E-state index contributed by atoms with van der Waals surface area (Å²) in [5.41, 5.74) is 3.66. The van der Waals surface area contributed by atoms with Crippen LogP contribution in [0.15, 0.2) is 65.8 Å². The van der Waals surface area contributed by atoms with Crippen LogP contribution in [-0.4, -0.2) is 103 Å². The number of aliphatic hydroxyl groups excluding tert-OH is 1. The van der Waals surface area contributed by atoms with Gasteiger partial charge in [0.1, 0.15) is 28.9 Å². The first-order valence-corrected chi connectivity index (χ1v) is 22.5. The van der Waals surface area contributed by atoms with Gasteiger partial charge in [-0.3, -0.25) is 14.6 Å². The average Bonchev–Trinajstić information content (AvgIpc) is 3.83. The maximum Gasteiger partial charge on any atom is 0.419 e. The second-order valence-electron chi connectivity index (χ2n) is 16.0. The second kappa shape index (κ2) is 23.7. The van der Waals surface area contributed by atoms with Crippen molar-refractivity contribution in [3.63, 3.8) is 0 Å². The van der Waals surface area contributed by atoms with Crippen LogP contribution in [0.3, 0.4) is 0 Å². The summed E-state index contributed by atoms with van der Waals surface area (Å²) >= 11 is 1.49. The summed E-state index contributed by atoms with van der Waals surface area (Å²) in [6.45, 7) is 4.85. The monoisotopic (exact) mass is 923 g/mol. The minimum absolute atomic E-state index is 0.0398. The van der Waals surface area contributed by atoms with Gasteiger partial charge in [-0.2, -0.15) is 18.3 Å². The quantitative estimate of drug-likeness (QED) is 0.0193. The van der Waals surface area contributed by atoms with Crippen LogP contribution in [0.4, 0.5) is 17.6 Å². The number of hydrogen-bond acceptors (Lipinski definition) is 12. The molecule has 3 heterocycles. The molecular formula is C47H57F4N7O6S. The summed E-state index contributed by atoms with van der Waals surface area (Å²) in [6.07, 6.45) is 1.63.